The molecule has 0 bridgehead atoms. The first-order valence-electron chi connectivity index (χ1n) is 9.51. The largest absolute Gasteiger partial charge is 0.467 e. The maximum atomic E-state index is 12.4. The Morgan fingerprint density at radius 3 is 2.55 bits per heavy atom. The molecule has 3 rings (SSSR count). The van der Waals surface area contributed by atoms with Gasteiger partial charge in [-0.25, -0.2) is 9.59 Å². The highest BCUT2D eigenvalue weighted by Crippen LogP contribution is 2.30. The normalized spacial score (nSPS) is 13.0. The van der Waals surface area contributed by atoms with Gasteiger partial charge in [-0.2, -0.15) is 0 Å². The zero-order valence-electron chi connectivity index (χ0n) is 17.1. The van der Waals surface area contributed by atoms with Crippen LogP contribution in [-0.4, -0.2) is 29.8 Å². The minimum absolute atomic E-state index is 0.127. The number of nitrogens with zero attached hydrogens (tertiary/aromatic N) is 1. The zero-order valence-corrected chi connectivity index (χ0v) is 17.1. The van der Waals surface area contributed by atoms with Crippen LogP contribution in [0.5, 0.6) is 0 Å². The molecule has 2 aromatic carbocycles. The van der Waals surface area contributed by atoms with Crippen LogP contribution >= 0.6 is 0 Å². The number of aromatic nitrogens is 1. The molecule has 0 aliphatic rings. The second-order valence-electron chi connectivity index (χ2n) is 7.21. The molecule has 1 aromatic heterocycles. The van der Waals surface area contributed by atoms with Gasteiger partial charge < -0.3 is 19.4 Å². The number of carbonyl (C=O) groups is 2. The predicted octanol–water partition coefficient (Wildman–Crippen LogP) is 4.06. The quantitative estimate of drug-likeness (QED) is 0.640. The van der Waals surface area contributed by atoms with Gasteiger partial charge in [0.05, 0.1) is 7.11 Å². The lowest BCUT2D eigenvalue weighted by Gasteiger charge is -2.22. The first-order chi connectivity index (χ1) is 13.9. The summed E-state index contributed by atoms with van der Waals surface area (Å²) in [6, 6.07) is 14.7. The Bertz CT molecular complexity index is 1010. The molecular formula is C23H26N2O4. The maximum absolute atomic E-state index is 12.4. The van der Waals surface area contributed by atoms with Crippen molar-refractivity contribution in [3.8, 4) is 0 Å². The van der Waals surface area contributed by atoms with Crippen LogP contribution in [0.15, 0.2) is 54.7 Å². The number of aryl methyl sites for hydroxylation is 2. The van der Waals surface area contributed by atoms with Crippen molar-refractivity contribution in [2.75, 3.05) is 7.11 Å². The molecule has 0 saturated carbocycles. The van der Waals surface area contributed by atoms with Crippen LogP contribution in [-0.2, 0) is 27.9 Å². The second kappa shape index (κ2) is 8.82. The van der Waals surface area contributed by atoms with Crippen molar-refractivity contribution in [2.24, 2.45) is 7.05 Å². The van der Waals surface area contributed by atoms with Crippen molar-refractivity contribution in [2.45, 2.75) is 32.4 Å². The Kier molecular flexibility index (Phi) is 6.22. The first-order valence-corrected chi connectivity index (χ1v) is 9.51. The van der Waals surface area contributed by atoms with Crippen LogP contribution in [0.3, 0.4) is 0 Å². The monoisotopic (exact) mass is 394 g/mol. The minimum atomic E-state index is -0.866. The van der Waals surface area contributed by atoms with Crippen LogP contribution < -0.4 is 5.32 Å². The molecule has 1 heterocycles. The SMILES string of the molecule is COC(=O)[C@H](NC(=O)OCc1ccccc1)[C@H](C)c1cn(C)c2ccc(C)cc12. The van der Waals surface area contributed by atoms with Crippen LogP contribution in [0.2, 0.25) is 0 Å². The van der Waals surface area contributed by atoms with E-state index in [2.05, 4.69) is 17.4 Å². The molecule has 0 fully saturated rings. The van der Waals surface area contributed by atoms with Gasteiger partial charge in [0.15, 0.2) is 0 Å². The summed E-state index contributed by atoms with van der Waals surface area (Å²) in [7, 11) is 3.27. The molecule has 0 saturated heterocycles. The number of carbonyl (C=O) groups excluding carboxylic acids is 2. The fraction of sp³-hybridized carbons (Fsp3) is 0.304. The van der Waals surface area contributed by atoms with E-state index in [0.717, 1.165) is 27.6 Å². The van der Waals surface area contributed by atoms with Gasteiger partial charge in [-0.15, -0.1) is 0 Å². The molecule has 6 heteroatoms. The molecule has 3 aromatic rings. The number of alkyl carbamates (subject to hydrolysis) is 1. The molecule has 0 radical (unpaired) electrons. The lowest BCUT2D eigenvalue weighted by Crippen LogP contribution is -2.45. The topological polar surface area (TPSA) is 69.6 Å². The third-order valence-electron chi connectivity index (χ3n) is 5.11. The number of benzene rings is 2. The molecule has 152 valence electrons. The van der Waals surface area contributed by atoms with E-state index in [9.17, 15) is 9.59 Å². The van der Waals surface area contributed by atoms with Gasteiger partial charge in [0.1, 0.15) is 12.6 Å². The van der Waals surface area contributed by atoms with Gasteiger partial charge in [-0.1, -0.05) is 48.9 Å². The molecule has 0 spiro atoms. The summed E-state index contributed by atoms with van der Waals surface area (Å²) in [5, 5.41) is 3.73. The number of hydrogen-bond acceptors (Lipinski definition) is 4. The molecule has 2 atom stereocenters. The number of hydrogen-bond donors (Lipinski definition) is 1. The van der Waals surface area contributed by atoms with E-state index in [1.165, 1.54) is 7.11 Å². The summed E-state index contributed by atoms with van der Waals surface area (Å²) in [6.07, 6.45) is 1.33. The predicted molar refractivity (Wildman–Crippen MR) is 112 cm³/mol. The van der Waals surface area contributed by atoms with E-state index in [1.54, 1.807) is 0 Å². The summed E-state index contributed by atoms with van der Waals surface area (Å²) in [5.74, 6) is -0.823. The van der Waals surface area contributed by atoms with Crippen LogP contribution in [0.1, 0.15) is 29.5 Å². The smallest absolute Gasteiger partial charge is 0.408 e. The van der Waals surface area contributed by atoms with E-state index < -0.39 is 18.1 Å². The van der Waals surface area contributed by atoms with Gasteiger partial charge in [-0.05, 0) is 30.2 Å². The Balaban J connectivity index is 1.80. The Hall–Kier alpha value is -3.28. The summed E-state index contributed by atoms with van der Waals surface area (Å²) in [6.45, 7) is 4.05. The molecule has 1 N–H and O–H groups in total. The van der Waals surface area contributed by atoms with Crippen molar-refractivity contribution in [1.82, 2.24) is 9.88 Å². The average molecular weight is 394 g/mol. The number of esters is 1. The molecular weight excluding hydrogens is 368 g/mol. The standard InChI is InChI=1S/C23H26N2O4/c1-15-10-11-20-18(12-15)19(13-25(20)3)16(2)21(22(26)28-4)24-23(27)29-14-17-8-6-5-7-9-17/h5-13,16,21H,14H2,1-4H3,(H,24,27)/t16-,21-/m1/s1. The van der Waals surface area contributed by atoms with Gasteiger partial charge in [0.2, 0.25) is 0 Å². The lowest BCUT2D eigenvalue weighted by molar-refractivity contribution is -0.143. The molecule has 6 nitrogen and oxygen atoms in total. The molecule has 0 aliphatic heterocycles. The van der Waals surface area contributed by atoms with E-state index in [1.807, 2.05) is 68.1 Å². The van der Waals surface area contributed by atoms with Crippen molar-refractivity contribution in [3.05, 3.63) is 71.4 Å². The van der Waals surface area contributed by atoms with Gasteiger partial charge >= 0.3 is 12.1 Å². The average Bonchev–Trinajstić information content (AvgIpc) is 3.05. The Morgan fingerprint density at radius 1 is 1.14 bits per heavy atom. The number of ether oxygens (including phenoxy) is 2. The van der Waals surface area contributed by atoms with Gasteiger partial charge in [0.25, 0.3) is 0 Å². The summed E-state index contributed by atoms with van der Waals surface area (Å²) in [4.78, 5) is 24.8. The fourth-order valence-corrected chi connectivity index (χ4v) is 3.49. The van der Waals surface area contributed by atoms with Crippen LogP contribution in [0.25, 0.3) is 10.9 Å². The van der Waals surface area contributed by atoms with Gasteiger partial charge in [0, 0.05) is 30.1 Å². The number of nitrogens with one attached hydrogen (secondary N) is 1. The van der Waals surface area contributed by atoms with E-state index >= 15 is 0 Å². The van der Waals surface area contributed by atoms with Crippen molar-refractivity contribution in [1.29, 1.82) is 0 Å². The van der Waals surface area contributed by atoms with Crippen LogP contribution in [0, 0.1) is 6.92 Å². The highest BCUT2D eigenvalue weighted by molar-refractivity contribution is 5.88. The molecule has 0 aliphatic carbocycles. The van der Waals surface area contributed by atoms with Crippen molar-refractivity contribution in [3.63, 3.8) is 0 Å². The first kappa shape index (κ1) is 20.5. The lowest BCUT2D eigenvalue weighted by atomic mass is 9.92. The highest BCUT2D eigenvalue weighted by Gasteiger charge is 2.31. The summed E-state index contributed by atoms with van der Waals surface area (Å²) in [5.41, 5.74) is 4.02. The Labute approximate surface area is 170 Å². The number of fused-ring (bicyclic) bond motifs is 1. The number of amides is 1. The molecule has 1 amide bonds. The number of methoxy groups -OCH3 is 1. The zero-order chi connectivity index (χ0) is 21.0. The minimum Gasteiger partial charge on any atom is -0.467 e. The van der Waals surface area contributed by atoms with E-state index in [4.69, 9.17) is 9.47 Å². The fourth-order valence-electron chi connectivity index (χ4n) is 3.49. The third kappa shape index (κ3) is 4.59. The van der Waals surface area contributed by atoms with Crippen LogP contribution in [0.4, 0.5) is 4.79 Å². The summed E-state index contributed by atoms with van der Waals surface area (Å²) < 4.78 is 12.2. The van der Waals surface area contributed by atoms with E-state index in [-0.39, 0.29) is 12.5 Å². The highest BCUT2D eigenvalue weighted by atomic mass is 16.6. The van der Waals surface area contributed by atoms with Crippen molar-refractivity contribution >= 4 is 23.0 Å². The Morgan fingerprint density at radius 2 is 1.86 bits per heavy atom. The summed E-state index contributed by atoms with van der Waals surface area (Å²) >= 11 is 0. The maximum Gasteiger partial charge on any atom is 0.408 e. The van der Waals surface area contributed by atoms with Gasteiger partial charge in [-0.3, -0.25) is 0 Å². The second-order valence-corrected chi connectivity index (χ2v) is 7.21. The van der Waals surface area contributed by atoms with Crippen molar-refractivity contribution < 1.29 is 19.1 Å². The molecule has 0 unspecified atom stereocenters. The molecule has 29 heavy (non-hydrogen) atoms. The van der Waals surface area contributed by atoms with E-state index in [0.29, 0.717) is 0 Å². The third-order valence-corrected chi connectivity index (χ3v) is 5.11. The number of rotatable bonds is 6.